The molecule has 0 aromatic rings. The zero-order chi connectivity index (χ0) is 21.0. The number of hydrogen-bond acceptors (Lipinski definition) is 4. The van der Waals surface area contributed by atoms with Gasteiger partial charge in [0.25, 0.3) is 0 Å². The fourth-order valence-electron chi connectivity index (χ4n) is 9.97. The van der Waals surface area contributed by atoms with Gasteiger partial charge < -0.3 is 14.7 Å². The highest BCUT2D eigenvalue weighted by molar-refractivity contribution is 5.96. The summed E-state index contributed by atoms with van der Waals surface area (Å²) >= 11 is 0. The lowest BCUT2D eigenvalue weighted by Gasteiger charge is -2.60. The summed E-state index contributed by atoms with van der Waals surface area (Å²) in [6, 6.07) is 0. The molecule has 0 aromatic carbocycles. The summed E-state index contributed by atoms with van der Waals surface area (Å²) in [6.07, 6.45) is 18.3. The van der Waals surface area contributed by atoms with Crippen LogP contribution in [0.3, 0.4) is 0 Å². The van der Waals surface area contributed by atoms with E-state index in [1.807, 2.05) is 0 Å². The lowest BCUT2D eigenvalue weighted by molar-refractivity contribution is -0.213. The van der Waals surface area contributed by atoms with Crippen molar-refractivity contribution in [3.63, 3.8) is 0 Å². The van der Waals surface area contributed by atoms with E-state index in [1.165, 1.54) is 51.4 Å². The molecule has 0 saturated heterocycles. The Morgan fingerprint density at radius 2 is 2.06 bits per heavy atom. The molecule has 168 valence electrons. The van der Waals surface area contributed by atoms with Crippen molar-refractivity contribution >= 4 is 5.71 Å². The third kappa shape index (κ3) is 2.37. The molecule has 1 spiro atoms. The molecule has 31 heavy (non-hydrogen) atoms. The summed E-state index contributed by atoms with van der Waals surface area (Å²) < 4.78 is 12.5. The number of nitrogens with zero attached hydrogens (tertiary/aromatic N) is 1. The van der Waals surface area contributed by atoms with E-state index < -0.39 is 0 Å². The highest BCUT2D eigenvalue weighted by Gasteiger charge is 2.78. The Kier molecular flexibility index (Phi) is 4.04. The second-order valence-electron chi connectivity index (χ2n) is 11.9. The maximum absolute atomic E-state index is 9.40. The normalized spacial score (nSPS) is 55.5. The number of oxime groups is 1. The molecule has 1 heterocycles. The predicted octanol–water partition coefficient (Wildman–Crippen LogP) is 5.57. The summed E-state index contributed by atoms with van der Waals surface area (Å²) in [4.78, 5) is 0. The topological polar surface area (TPSA) is 51.0 Å². The number of rotatable bonds is 3. The maximum Gasteiger partial charge on any atom is 0.177 e. The van der Waals surface area contributed by atoms with Gasteiger partial charge in [0, 0.05) is 12.5 Å². The van der Waals surface area contributed by atoms with Crippen molar-refractivity contribution in [2.24, 2.45) is 57.9 Å². The molecule has 5 saturated carbocycles. The Hall–Kier alpha value is -1.13. The highest BCUT2D eigenvalue weighted by Crippen LogP contribution is 2.80. The second kappa shape index (κ2) is 6.47. The Morgan fingerprint density at radius 1 is 1.19 bits per heavy atom. The average molecular weight is 424 g/mol. The van der Waals surface area contributed by atoms with Crippen molar-refractivity contribution in [2.45, 2.75) is 76.6 Å². The van der Waals surface area contributed by atoms with Crippen LogP contribution in [0.4, 0.5) is 0 Å². The summed E-state index contributed by atoms with van der Waals surface area (Å²) in [6.45, 7) is 2.45. The van der Waals surface area contributed by atoms with E-state index in [9.17, 15) is 5.21 Å². The van der Waals surface area contributed by atoms with Gasteiger partial charge in [0.2, 0.25) is 0 Å². The van der Waals surface area contributed by atoms with Gasteiger partial charge in [-0.3, -0.25) is 0 Å². The molecule has 7 aliphatic rings. The molecule has 0 bridgehead atoms. The van der Waals surface area contributed by atoms with Gasteiger partial charge in [-0.1, -0.05) is 23.7 Å². The lowest BCUT2D eigenvalue weighted by atomic mass is 9.45. The van der Waals surface area contributed by atoms with Crippen molar-refractivity contribution in [3.05, 3.63) is 23.8 Å². The van der Waals surface area contributed by atoms with Gasteiger partial charge in [-0.25, -0.2) is 0 Å². The van der Waals surface area contributed by atoms with Crippen LogP contribution >= 0.6 is 0 Å². The zero-order valence-corrected chi connectivity index (χ0v) is 19.0. The minimum Gasteiger partial charge on any atom is -0.411 e. The van der Waals surface area contributed by atoms with Crippen molar-refractivity contribution in [1.82, 2.24) is 0 Å². The molecular weight excluding hydrogens is 386 g/mol. The minimum absolute atomic E-state index is 0.0732. The van der Waals surface area contributed by atoms with E-state index in [0.29, 0.717) is 11.3 Å². The third-order valence-electron chi connectivity index (χ3n) is 11.2. The fraction of sp³-hybridized carbons (Fsp3) is 0.815. The van der Waals surface area contributed by atoms with E-state index in [0.717, 1.165) is 53.6 Å². The first kappa shape index (κ1) is 19.3. The molecule has 0 amide bonds. The summed E-state index contributed by atoms with van der Waals surface area (Å²) in [5.41, 5.74) is 2.76. The van der Waals surface area contributed by atoms with Gasteiger partial charge in [-0.2, -0.15) is 0 Å². The van der Waals surface area contributed by atoms with Crippen LogP contribution in [0, 0.1) is 52.8 Å². The molecule has 5 fully saturated rings. The Labute approximate surface area is 186 Å². The van der Waals surface area contributed by atoms with E-state index >= 15 is 0 Å². The van der Waals surface area contributed by atoms with Crippen molar-refractivity contribution < 1.29 is 14.7 Å². The standard InChI is InChI=1S/C27H37NO3/c1-3-26-10-8-19-18-7-6-17(28-29)12-16(18)13-20(15-4-5-15)24(19)25(26)21-14-22(21)27(26)11-9-23(30-2)31-27/h9,11-12,15,18-25,29H,3-8,10,13-14H2,1-2H3/b28-17+/t18-,19?,20+,21-,22+,23?,24?,25?,26-,27-/m0/s1. The Bertz CT molecular complexity index is 874. The minimum atomic E-state index is -0.157. The van der Waals surface area contributed by atoms with Gasteiger partial charge >= 0.3 is 0 Å². The van der Waals surface area contributed by atoms with Crippen molar-refractivity contribution in [3.8, 4) is 0 Å². The molecule has 4 unspecified atom stereocenters. The third-order valence-corrected chi connectivity index (χ3v) is 11.2. The summed E-state index contributed by atoms with van der Waals surface area (Å²) in [7, 11) is 1.78. The van der Waals surface area contributed by atoms with Crippen LogP contribution in [0.1, 0.15) is 64.7 Å². The number of ether oxygens (including phenoxy) is 2. The first-order chi connectivity index (χ1) is 15.2. The van der Waals surface area contributed by atoms with E-state index in [2.05, 4.69) is 30.3 Å². The zero-order valence-electron chi connectivity index (χ0n) is 19.0. The van der Waals surface area contributed by atoms with Crippen LogP contribution in [0.5, 0.6) is 0 Å². The molecule has 6 aliphatic carbocycles. The lowest BCUT2D eigenvalue weighted by Crippen LogP contribution is -2.58. The van der Waals surface area contributed by atoms with Gasteiger partial charge in [0.05, 0.1) is 11.3 Å². The Balaban J connectivity index is 1.31. The second-order valence-corrected chi connectivity index (χ2v) is 11.9. The van der Waals surface area contributed by atoms with Crippen LogP contribution in [0.25, 0.3) is 0 Å². The number of hydrogen-bond donors (Lipinski definition) is 1. The van der Waals surface area contributed by atoms with Crippen LogP contribution in [-0.2, 0) is 9.47 Å². The van der Waals surface area contributed by atoms with Gasteiger partial charge in [0.1, 0.15) is 0 Å². The van der Waals surface area contributed by atoms with Crippen molar-refractivity contribution in [1.29, 1.82) is 0 Å². The summed E-state index contributed by atoms with van der Waals surface area (Å²) in [5.74, 6) is 6.57. The average Bonchev–Trinajstić information content (AvgIpc) is 3.74. The first-order valence-electron chi connectivity index (χ1n) is 13.0. The Morgan fingerprint density at radius 3 is 2.77 bits per heavy atom. The number of fused-ring (bicyclic) bond motifs is 9. The molecule has 4 heteroatoms. The molecule has 10 atom stereocenters. The first-order valence-corrected chi connectivity index (χ1v) is 13.0. The van der Waals surface area contributed by atoms with E-state index in [-0.39, 0.29) is 11.9 Å². The molecule has 7 rings (SSSR count). The molecule has 1 N–H and O–H groups in total. The monoisotopic (exact) mass is 423 g/mol. The van der Waals surface area contributed by atoms with Crippen LogP contribution in [0.2, 0.25) is 0 Å². The highest BCUT2D eigenvalue weighted by atomic mass is 16.7. The van der Waals surface area contributed by atoms with Gasteiger partial charge in [-0.15, -0.1) is 0 Å². The predicted molar refractivity (Wildman–Crippen MR) is 119 cm³/mol. The summed E-state index contributed by atoms with van der Waals surface area (Å²) in [5, 5.41) is 13.0. The SMILES string of the molecule is CC[C@]12CCC3C(C1[C@H]1C[C@H]1[C@@]21C=CC(OC)O1)[C@@H](C1CC1)CC1=C/C(=N/O)CC[C@@H]13. The smallest absolute Gasteiger partial charge is 0.177 e. The van der Waals surface area contributed by atoms with Gasteiger partial charge in [0.15, 0.2) is 6.29 Å². The molecular formula is C27H37NO3. The molecule has 0 radical (unpaired) electrons. The molecule has 0 aromatic heterocycles. The fourth-order valence-corrected chi connectivity index (χ4v) is 9.97. The number of allylic oxidation sites excluding steroid dienone is 2. The van der Waals surface area contributed by atoms with E-state index in [4.69, 9.17) is 9.47 Å². The van der Waals surface area contributed by atoms with Gasteiger partial charge in [-0.05, 0) is 117 Å². The van der Waals surface area contributed by atoms with Crippen molar-refractivity contribution in [2.75, 3.05) is 7.11 Å². The largest absolute Gasteiger partial charge is 0.411 e. The van der Waals surface area contributed by atoms with Crippen LogP contribution < -0.4 is 0 Å². The van der Waals surface area contributed by atoms with E-state index in [1.54, 1.807) is 12.7 Å². The maximum atomic E-state index is 9.40. The molecule has 1 aliphatic heterocycles. The van der Waals surface area contributed by atoms with Crippen LogP contribution in [-0.4, -0.2) is 29.9 Å². The number of methoxy groups -OCH3 is 1. The quantitative estimate of drug-likeness (QED) is 0.367. The molecule has 4 nitrogen and oxygen atoms in total. The van der Waals surface area contributed by atoms with Crippen LogP contribution in [0.15, 0.2) is 29.0 Å².